The van der Waals surface area contributed by atoms with Gasteiger partial charge in [0.25, 0.3) is 0 Å². The molecular weight excluding hydrogens is 331 g/mol. The van der Waals surface area contributed by atoms with Crippen LogP contribution in [0.2, 0.25) is 0 Å². The Morgan fingerprint density at radius 2 is 1.41 bits per heavy atom. The molecule has 1 rings (SSSR count). The molecule has 0 fully saturated rings. The Hall–Kier alpha value is 0.526. The quantitative estimate of drug-likeness (QED) is 0.395. The van der Waals surface area contributed by atoms with Crippen molar-refractivity contribution < 1.29 is 75.1 Å². The van der Waals surface area contributed by atoms with Crippen molar-refractivity contribution in [1.29, 1.82) is 0 Å². The number of unbranched alkanes of at least 4 members (excludes halogenated alkanes) is 6. The minimum atomic E-state index is -4.67. The summed E-state index contributed by atoms with van der Waals surface area (Å²) in [6.07, 6.45) is 9.35. The van der Waals surface area contributed by atoms with Crippen LogP contribution in [0.3, 0.4) is 0 Å². The van der Waals surface area contributed by atoms with Gasteiger partial charge in [-0.1, -0.05) is 63.6 Å². The maximum atomic E-state index is 8.74. The first-order valence-electron chi connectivity index (χ1n) is 7.31. The fourth-order valence-electron chi connectivity index (χ4n) is 1.77. The summed E-state index contributed by atoms with van der Waals surface area (Å²) in [5, 5.41) is 0. The van der Waals surface area contributed by atoms with Gasteiger partial charge in [0.15, 0.2) is 0 Å². The first kappa shape index (κ1) is 24.8. The van der Waals surface area contributed by atoms with Crippen molar-refractivity contribution in [3.05, 3.63) is 30.3 Å². The number of ether oxygens (including phenoxy) is 1. The van der Waals surface area contributed by atoms with E-state index in [0.29, 0.717) is 0 Å². The third-order valence-electron chi connectivity index (χ3n) is 2.76. The van der Waals surface area contributed by atoms with E-state index >= 15 is 0 Å². The Morgan fingerprint density at radius 1 is 0.955 bits per heavy atom. The summed E-state index contributed by atoms with van der Waals surface area (Å²) in [5.74, 6) is 0.994. The summed E-state index contributed by atoms with van der Waals surface area (Å²) in [5.41, 5.74) is 0. The van der Waals surface area contributed by atoms with E-state index in [4.69, 9.17) is 22.3 Å². The summed E-state index contributed by atoms with van der Waals surface area (Å²) in [6, 6.07) is 10.1. The zero-order chi connectivity index (χ0) is 16.0. The fraction of sp³-hybridized carbons (Fsp3) is 0.600. The molecule has 5 nitrogen and oxygen atoms in total. The zero-order valence-corrected chi connectivity index (χ0v) is 17.5. The van der Waals surface area contributed by atoms with Crippen LogP contribution in [0.25, 0.3) is 0 Å². The molecule has 0 unspecified atom stereocenters. The molecule has 0 radical (unpaired) electrons. The molecule has 0 saturated heterocycles. The summed E-state index contributed by atoms with van der Waals surface area (Å²) >= 11 is 0. The maximum absolute atomic E-state index is 8.74. The third-order valence-corrected chi connectivity index (χ3v) is 2.76. The van der Waals surface area contributed by atoms with Crippen LogP contribution in [0, 0.1) is 0 Å². The summed E-state index contributed by atoms with van der Waals surface area (Å²) in [7, 11) is -4.67. The monoisotopic (exact) mass is 358 g/mol. The summed E-state index contributed by atoms with van der Waals surface area (Å²) in [4.78, 5) is 0. The molecule has 0 aromatic heterocycles. The molecule has 0 bridgehead atoms. The average Bonchev–Trinajstić information content (AvgIpc) is 2.41. The average molecular weight is 359 g/mol. The van der Waals surface area contributed by atoms with Crippen molar-refractivity contribution in [2.24, 2.45) is 0 Å². The van der Waals surface area contributed by atoms with Crippen molar-refractivity contribution in [3.63, 3.8) is 0 Å². The van der Waals surface area contributed by atoms with Crippen molar-refractivity contribution in [1.82, 2.24) is 0 Å². The Balaban J connectivity index is -0.000000502. The van der Waals surface area contributed by atoms with E-state index in [1.54, 1.807) is 0 Å². The van der Waals surface area contributed by atoms with Gasteiger partial charge in [-0.15, -0.1) is 0 Å². The van der Waals surface area contributed by atoms with Crippen LogP contribution < -0.4 is 56.1 Å². The first-order chi connectivity index (χ1) is 9.93. The third kappa shape index (κ3) is 22.8. The van der Waals surface area contributed by atoms with Crippen molar-refractivity contribution in [2.75, 3.05) is 6.61 Å². The molecule has 0 atom stereocenters. The van der Waals surface area contributed by atoms with E-state index in [1.165, 1.54) is 44.9 Å². The molecule has 0 amide bonds. The van der Waals surface area contributed by atoms with E-state index in [-0.39, 0.29) is 52.8 Å². The zero-order valence-electron chi connectivity index (χ0n) is 14.6. The van der Waals surface area contributed by atoms with Crippen LogP contribution in [-0.4, -0.2) is 24.1 Å². The minimum absolute atomic E-state index is 0. The van der Waals surface area contributed by atoms with Gasteiger partial charge in [-0.3, -0.25) is 9.11 Å². The standard InChI is InChI=1S/C15H24O.K.H2O4S.H/c1-2-3-4-5-6-7-11-14-16-15-12-9-8-10-13-15;;1-5(2,3)4;/h8-10,12-13H,2-7,11,14H2,1H3;;(H2,1,2,3,4);/q;+1;;-1. The van der Waals surface area contributed by atoms with Gasteiger partial charge in [0, 0.05) is 0 Å². The van der Waals surface area contributed by atoms with E-state index in [0.717, 1.165) is 12.4 Å². The van der Waals surface area contributed by atoms with Gasteiger partial charge in [0.05, 0.1) is 6.61 Å². The van der Waals surface area contributed by atoms with Crippen LogP contribution in [0.1, 0.15) is 53.3 Å². The van der Waals surface area contributed by atoms with Crippen LogP contribution in [0.5, 0.6) is 5.75 Å². The van der Waals surface area contributed by atoms with Crippen molar-refractivity contribution >= 4 is 10.4 Å². The predicted octanol–water partition coefficient (Wildman–Crippen LogP) is 1.28. The van der Waals surface area contributed by atoms with E-state index < -0.39 is 10.4 Å². The van der Waals surface area contributed by atoms with Crippen LogP contribution in [-0.2, 0) is 10.4 Å². The van der Waals surface area contributed by atoms with Gasteiger partial charge in [-0.25, -0.2) is 0 Å². The number of benzene rings is 1. The van der Waals surface area contributed by atoms with E-state index in [2.05, 4.69) is 6.92 Å². The SMILES string of the molecule is CCCCCCCCCOc1ccccc1.O=S(=O)(O)O.[H-].[K+]. The van der Waals surface area contributed by atoms with Crippen molar-refractivity contribution in [3.8, 4) is 5.75 Å². The molecule has 0 aliphatic rings. The second kappa shape index (κ2) is 16.4. The molecule has 1 aromatic rings. The van der Waals surface area contributed by atoms with Gasteiger partial charge in [-0.2, -0.15) is 8.42 Å². The topological polar surface area (TPSA) is 83.8 Å². The largest absolute Gasteiger partial charge is 1.00 e. The number of para-hydroxylation sites is 1. The smallest absolute Gasteiger partial charge is 1.00 e. The van der Waals surface area contributed by atoms with Gasteiger partial charge >= 0.3 is 61.8 Å². The van der Waals surface area contributed by atoms with Crippen LogP contribution >= 0.6 is 0 Å². The normalized spacial score (nSPS) is 10.1. The molecule has 22 heavy (non-hydrogen) atoms. The molecule has 0 saturated carbocycles. The molecule has 0 aliphatic carbocycles. The van der Waals surface area contributed by atoms with E-state index in [1.807, 2.05) is 30.3 Å². The Morgan fingerprint density at radius 3 is 1.91 bits per heavy atom. The van der Waals surface area contributed by atoms with Crippen LogP contribution in [0.4, 0.5) is 0 Å². The maximum Gasteiger partial charge on any atom is 1.00 e. The Kier molecular flexibility index (Phi) is 18.5. The molecule has 0 heterocycles. The molecule has 0 spiro atoms. The molecular formula is C15H27KO5S. The van der Waals surface area contributed by atoms with Crippen LogP contribution in [0.15, 0.2) is 30.3 Å². The molecule has 0 aliphatic heterocycles. The van der Waals surface area contributed by atoms with Gasteiger partial charge in [0.2, 0.25) is 0 Å². The molecule has 7 heteroatoms. The molecule has 1 aromatic carbocycles. The van der Waals surface area contributed by atoms with Gasteiger partial charge in [0.1, 0.15) is 5.75 Å². The predicted molar refractivity (Wildman–Crippen MR) is 85.2 cm³/mol. The summed E-state index contributed by atoms with van der Waals surface area (Å²) < 4.78 is 37.2. The van der Waals surface area contributed by atoms with Gasteiger partial charge < -0.3 is 6.16 Å². The number of hydrogen-bond acceptors (Lipinski definition) is 3. The van der Waals surface area contributed by atoms with Crippen molar-refractivity contribution in [2.45, 2.75) is 51.9 Å². The number of rotatable bonds is 9. The Bertz CT molecular complexity index is 434. The number of hydrogen-bond donors (Lipinski definition) is 2. The summed E-state index contributed by atoms with van der Waals surface area (Å²) in [6.45, 7) is 3.12. The molecule has 124 valence electrons. The minimum Gasteiger partial charge on any atom is -1.00 e. The second-order valence-corrected chi connectivity index (χ2v) is 5.63. The molecule has 2 N–H and O–H groups in total. The fourth-order valence-corrected chi connectivity index (χ4v) is 1.77. The first-order valence-corrected chi connectivity index (χ1v) is 8.71. The Labute approximate surface area is 178 Å². The second-order valence-electron chi connectivity index (χ2n) is 4.73. The van der Waals surface area contributed by atoms with E-state index in [9.17, 15) is 0 Å². The van der Waals surface area contributed by atoms with Gasteiger partial charge in [-0.05, 0) is 18.6 Å².